The normalized spacial score (nSPS) is 12.2. The molecule has 0 saturated carbocycles. The maximum atomic E-state index is 11.2. The van der Waals surface area contributed by atoms with Gasteiger partial charge in [0.1, 0.15) is 5.82 Å². The Morgan fingerprint density at radius 1 is 1.47 bits per heavy atom. The lowest BCUT2D eigenvalue weighted by Crippen LogP contribution is -2.47. The van der Waals surface area contributed by atoms with Gasteiger partial charge in [0.2, 0.25) is 10.0 Å². The molecule has 106 valence electrons. The van der Waals surface area contributed by atoms with Crippen molar-refractivity contribution >= 4 is 21.8 Å². The van der Waals surface area contributed by atoms with E-state index in [4.69, 9.17) is 5.11 Å². The van der Waals surface area contributed by atoms with Gasteiger partial charge in [-0.1, -0.05) is 0 Å². The van der Waals surface area contributed by atoms with Crippen molar-refractivity contribution in [3.63, 3.8) is 0 Å². The molecule has 0 unspecified atom stereocenters. The molecule has 1 heterocycles. The summed E-state index contributed by atoms with van der Waals surface area (Å²) in [5.74, 6) is -0.665. The molecular formula is C11H17N3O4S. The number of aromatic nitrogens is 1. The van der Waals surface area contributed by atoms with Crippen LogP contribution >= 0.6 is 0 Å². The van der Waals surface area contributed by atoms with E-state index in [-0.39, 0.29) is 12.1 Å². The third-order valence-corrected chi connectivity index (χ3v) is 3.10. The van der Waals surface area contributed by atoms with Gasteiger partial charge in [0, 0.05) is 18.3 Å². The Morgan fingerprint density at radius 3 is 2.63 bits per heavy atom. The molecule has 0 saturated heterocycles. The first-order valence-electron chi connectivity index (χ1n) is 5.51. The smallest absolute Gasteiger partial charge is 0.335 e. The van der Waals surface area contributed by atoms with Gasteiger partial charge >= 0.3 is 5.97 Å². The molecule has 1 aromatic heterocycles. The minimum absolute atomic E-state index is 0.117. The molecule has 7 nitrogen and oxygen atoms in total. The molecule has 0 fully saturated rings. The molecule has 0 aliphatic heterocycles. The van der Waals surface area contributed by atoms with E-state index in [9.17, 15) is 13.2 Å². The average molecular weight is 287 g/mol. The molecule has 0 bridgehead atoms. The lowest BCUT2D eigenvalue weighted by atomic mass is 10.1. The summed E-state index contributed by atoms with van der Waals surface area (Å²) in [6.07, 6.45) is 2.46. The van der Waals surface area contributed by atoms with Crippen LogP contribution in [0.2, 0.25) is 0 Å². The van der Waals surface area contributed by atoms with Crippen molar-refractivity contribution < 1.29 is 18.3 Å². The minimum atomic E-state index is -3.31. The van der Waals surface area contributed by atoms with Crippen LogP contribution in [0, 0.1) is 0 Å². The van der Waals surface area contributed by atoms with Crippen molar-refractivity contribution in [1.82, 2.24) is 9.71 Å². The molecule has 3 N–H and O–H groups in total. The van der Waals surface area contributed by atoms with E-state index in [1.165, 1.54) is 18.3 Å². The molecular weight excluding hydrogens is 270 g/mol. The zero-order valence-electron chi connectivity index (χ0n) is 11.0. The topological polar surface area (TPSA) is 108 Å². The molecule has 19 heavy (non-hydrogen) atoms. The number of nitrogens with one attached hydrogen (secondary N) is 2. The number of carboxylic acids is 1. The maximum absolute atomic E-state index is 11.2. The molecule has 0 amide bonds. The van der Waals surface area contributed by atoms with Crippen molar-refractivity contribution in [3.8, 4) is 0 Å². The molecule has 0 radical (unpaired) electrons. The molecule has 0 aliphatic rings. The van der Waals surface area contributed by atoms with E-state index in [2.05, 4.69) is 15.0 Å². The van der Waals surface area contributed by atoms with Crippen LogP contribution in [0.3, 0.4) is 0 Å². The number of carbonyl (C=O) groups is 1. The largest absolute Gasteiger partial charge is 0.478 e. The molecule has 8 heteroatoms. The van der Waals surface area contributed by atoms with Crippen molar-refractivity contribution in [2.75, 3.05) is 18.1 Å². The Hall–Kier alpha value is -1.67. The fourth-order valence-corrected chi connectivity index (χ4v) is 2.59. The van der Waals surface area contributed by atoms with Crippen LogP contribution in [0.1, 0.15) is 24.2 Å². The number of nitrogens with zero attached hydrogens (tertiary/aromatic N) is 1. The standard InChI is InChI=1S/C11H17N3O4S/c1-11(2,14-19(3,17)18)7-13-9-6-8(10(15)16)4-5-12-9/h4-6,14H,7H2,1-3H3,(H,12,13)(H,15,16). The highest BCUT2D eigenvalue weighted by Gasteiger charge is 2.22. The van der Waals surface area contributed by atoms with Gasteiger partial charge in [0.05, 0.1) is 11.8 Å². The van der Waals surface area contributed by atoms with Crippen LogP contribution in [-0.2, 0) is 10.0 Å². The number of hydrogen-bond donors (Lipinski definition) is 3. The number of pyridine rings is 1. The summed E-state index contributed by atoms with van der Waals surface area (Å²) in [7, 11) is -3.31. The third-order valence-electron chi connectivity index (χ3n) is 2.18. The lowest BCUT2D eigenvalue weighted by Gasteiger charge is -2.25. The number of carboxylic acid groups (broad SMARTS) is 1. The highest BCUT2D eigenvalue weighted by molar-refractivity contribution is 7.88. The van der Waals surface area contributed by atoms with Crippen molar-refractivity contribution in [2.24, 2.45) is 0 Å². The van der Waals surface area contributed by atoms with Crippen LogP contribution < -0.4 is 10.0 Å². The highest BCUT2D eigenvalue weighted by atomic mass is 32.2. The minimum Gasteiger partial charge on any atom is -0.478 e. The fraction of sp³-hybridized carbons (Fsp3) is 0.455. The third kappa shape index (κ3) is 5.66. The summed E-state index contributed by atoms with van der Waals surface area (Å²) in [6, 6.07) is 2.77. The SMILES string of the molecule is CC(C)(CNc1cc(C(=O)O)ccn1)NS(C)(=O)=O. The first-order valence-corrected chi connectivity index (χ1v) is 7.40. The van der Waals surface area contributed by atoms with Gasteiger partial charge in [0.15, 0.2) is 0 Å². The summed E-state index contributed by atoms with van der Waals surface area (Å²) in [5.41, 5.74) is -0.597. The predicted octanol–water partition coefficient (Wildman–Crippen LogP) is 0.519. The van der Waals surface area contributed by atoms with Gasteiger partial charge in [-0.25, -0.2) is 22.9 Å². The first-order chi connectivity index (χ1) is 8.59. The van der Waals surface area contributed by atoms with Crippen LogP contribution in [0.5, 0.6) is 0 Å². The summed E-state index contributed by atoms with van der Waals surface area (Å²) in [4.78, 5) is 14.8. The summed E-state index contributed by atoms with van der Waals surface area (Å²) < 4.78 is 24.8. The van der Waals surface area contributed by atoms with E-state index < -0.39 is 21.5 Å². The number of rotatable bonds is 6. The van der Waals surface area contributed by atoms with Crippen LogP contribution in [0.4, 0.5) is 5.82 Å². The maximum Gasteiger partial charge on any atom is 0.335 e. The van der Waals surface area contributed by atoms with Gasteiger partial charge in [0.25, 0.3) is 0 Å². The second-order valence-electron chi connectivity index (χ2n) is 4.85. The lowest BCUT2D eigenvalue weighted by molar-refractivity contribution is 0.0697. The molecule has 1 rings (SSSR count). The van der Waals surface area contributed by atoms with E-state index in [0.717, 1.165) is 6.26 Å². The highest BCUT2D eigenvalue weighted by Crippen LogP contribution is 2.10. The number of hydrogen-bond acceptors (Lipinski definition) is 5. The molecule has 0 atom stereocenters. The molecule has 0 aliphatic carbocycles. The Balaban J connectivity index is 2.71. The Bertz CT molecular complexity index is 569. The van der Waals surface area contributed by atoms with Gasteiger partial charge in [-0.2, -0.15) is 0 Å². The van der Waals surface area contributed by atoms with E-state index in [1.54, 1.807) is 13.8 Å². The Morgan fingerprint density at radius 2 is 2.11 bits per heavy atom. The zero-order valence-corrected chi connectivity index (χ0v) is 11.8. The van der Waals surface area contributed by atoms with Crippen LogP contribution in [0.15, 0.2) is 18.3 Å². The number of sulfonamides is 1. The van der Waals surface area contributed by atoms with Crippen molar-refractivity contribution in [2.45, 2.75) is 19.4 Å². The van der Waals surface area contributed by atoms with E-state index in [1.807, 2.05) is 0 Å². The summed E-state index contributed by atoms with van der Waals surface area (Å²) >= 11 is 0. The van der Waals surface area contributed by atoms with E-state index >= 15 is 0 Å². The van der Waals surface area contributed by atoms with Gasteiger partial charge in [-0.15, -0.1) is 0 Å². The Labute approximate surface area is 112 Å². The number of anilines is 1. The summed E-state index contributed by atoms with van der Waals surface area (Å²) in [6.45, 7) is 3.69. The predicted molar refractivity (Wildman–Crippen MR) is 71.7 cm³/mol. The van der Waals surface area contributed by atoms with E-state index in [0.29, 0.717) is 5.82 Å². The molecule has 0 aromatic carbocycles. The Kier molecular flexibility index (Phi) is 4.48. The van der Waals surface area contributed by atoms with Crippen molar-refractivity contribution in [1.29, 1.82) is 0 Å². The average Bonchev–Trinajstić information content (AvgIpc) is 2.24. The quantitative estimate of drug-likeness (QED) is 0.704. The van der Waals surface area contributed by atoms with Gasteiger partial charge in [-0.3, -0.25) is 0 Å². The van der Waals surface area contributed by atoms with Crippen LogP contribution in [0.25, 0.3) is 0 Å². The zero-order chi connectivity index (χ0) is 14.7. The first kappa shape index (κ1) is 15.4. The molecule has 1 aromatic rings. The van der Waals surface area contributed by atoms with Gasteiger partial charge in [-0.05, 0) is 26.0 Å². The second-order valence-corrected chi connectivity index (χ2v) is 6.60. The van der Waals surface area contributed by atoms with Crippen LogP contribution in [-0.4, -0.2) is 42.8 Å². The monoisotopic (exact) mass is 287 g/mol. The number of aromatic carboxylic acids is 1. The molecule has 0 spiro atoms. The summed E-state index contributed by atoms with van der Waals surface area (Å²) in [5, 5.41) is 11.7. The van der Waals surface area contributed by atoms with Crippen molar-refractivity contribution in [3.05, 3.63) is 23.9 Å². The fourth-order valence-electron chi connectivity index (χ4n) is 1.51. The van der Waals surface area contributed by atoms with Gasteiger partial charge < -0.3 is 10.4 Å². The second kappa shape index (κ2) is 5.54.